The highest BCUT2D eigenvalue weighted by molar-refractivity contribution is 5.84. The summed E-state index contributed by atoms with van der Waals surface area (Å²) in [4.78, 5) is 30.7. The molecule has 1 unspecified atom stereocenters. The van der Waals surface area contributed by atoms with Crippen LogP contribution in [0.5, 0.6) is 5.75 Å². The lowest BCUT2D eigenvalue weighted by Gasteiger charge is -2.43. The van der Waals surface area contributed by atoms with E-state index in [9.17, 15) is 9.59 Å². The van der Waals surface area contributed by atoms with Gasteiger partial charge in [-0.05, 0) is 56.2 Å². The van der Waals surface area contributed by atoms with Gasteiger partial charge in [-0.15, -0.1) is 0 Å². The minimum atomic E-state index is -0.240. The van der Waals surface area contributed by atoms with Crippen LogP contribution in [-0.2, 0) is 9.59 Å². The van der Waals surface area contributed by atoms with Crippen molar-refractivity contribution in [3.63, 3.8) is 0 Å². The molecule has 34 heavy (non-hydrogen) atoms. The third kappa shape index (κ3) is 5.99. The second-order valence-electron chi connectivity index (χ2n) is 9.92. The van der Waals surface area contributed by atoms with E-state index in [4.69, 9.17) is 4.74 Å². The van der Waals surface area contributed by atoms with Crippen LogP contribution < -0.4 is 4.74 Å². The van der Waals surface area contributed by atoms with Gasteiger partial charge in [0.15, 0.2) is 0 Å². The number of piperidine rings is 2. The second-order valence-corrected chi connectivity index (χ2v) is 9.92. The molecule has 0 bridgehead atoms. The topological polar surface area (TPSA) is 49.9 Å². The van der Waals surface area contributed by atoms with Gasteiger partial charge in [0.2, 0.25) is 11.8 Å². The molecular weight excluding hydrogens is 424 g/mol. The fourth-order valence-electron chi connectivity index (χ4n) is 5.36. The number of ether oxygens (including phenoxy) is 1. The standard InChI is InChI=1S/C29H38N2O3/c1-2-26(24-12-6-3-7-13-24)28(33)31-20-16-29(17-21-31,23-34-25-14-8-4-9-15-25)22-27(32)30-18-10-5-11-19-30/h3-4,6-9,12-15,26H,2,5,10-11,16-23H2,1H3. The number of amides is 2. The molecule has 2 aromatic carbocycles. The second kappa shape index (κ2) is 11.5. The summed E-state index contributed by atoms with van der Waals surface area (Å²) in [5.41, 5.74) is 0.842. The highest BCUT2D eigenvalue weighted by Crippen LogP contribution is 2.38. The molecule has 0 radical (unpaired) electrons. The van der Waals surface area contributed by atoms with E-state index in [1.807, 2.05) is 70.5 Å². The van der Waals surface area contributed by atoms with Crippen molar-refractivity contribution in [3.05, 3.63) is 66.2 Å². The van der Waals surface area contributed by atoms with Gasteiger partial charge >= 0.3 is 0 Å². The van der Waals surface area contributed by atoms with E-state index >= 15 is 0 Å². The van der Waals surface area contributed by atoms with E-state index < -0.39 is 0 Å². The number of benzene rings is 2. The number of rotatable bonds is 8. The number of nitrogens with zero attached hydrogens (tertiary/aromatic N) is 2. The molecule has 0 spiro atoms. The molecule has 5 nitrogen and oxygen atoms in total. The molecule has 2 saturated heterocycles. The zero-order valence-corrected chi connectivity index (χ0v) is 20.5. The van der Waals surface area contributed by atoms with E-state index in [0.717, 1.165) is 56.5 Å². The molecule has 2 fully saturated rings. The van der Waals surface area contributed by atoms with Gasteiger partial charge in [-0.3, -0.25) is 9.59 Å². The molecule has 2 aromatic rings. The lowest BCUT2D eigenvalue weighted by molar-refractivity contribution is -0.139. The maximum absolute atomic E-state index is 13.4. The van der Waals surface area contributed by atoms with Gasteiger partial charge in [-0.2, -0.15) is 0 Å². The molecule has 0 aliphatic carbocycles. The van der Waals surface area contributed by atoms with E-state index in [1.54, 1.807) is 0 Å². The molecule has 4 rings (SSSR count). The minimum Gasteiger partial charge on any atom is -0.493 e. The fraction of sp³-hybridized carbons (Fsp3) is 0.517. The third-order valence-electron chi connectivity index (χ3n) is 7.57. The highest BCUT2D eigenvalue weighted by atomic mass is 16.5. The van der Waals surface area contributed by atoms with Gasteiger partial charge in [-0.25, -0.2) is 0 Å². The summed E-state index contributed by atoms with van der Waals surface area (Å²) in [5, 5.41) is 0. The van der Waals surface area contributed by atoms with Gasteiger partial charge in [0.1, 0.15) is 5.75 Å². The monoisotopic (exact) mass is 462 g/mol. The van der Waals surface area contributed by atoms with Crippen LogP contribution in [0.15, 0.2) is 60.7 Å². The summed E-state index contributed by atoms with van der Waals surface area (Å²) in [5.74, 6) is 1.17. The molecule has 1 atom stereocenters. The predicted octanol–water partition coefficient (Wildman–Crippen LogP) is 5.27. The van der Waals surface area contributed by atoms with Crippen LogP contribution in [0.25, 0.3) is 0 Å². The molecule has 0 saturated carbocycles. The Kier molecular flexibility index (Phi) is 8.25. The van der Waals surface area contributed by atoms with Gasteiger partial charge in [0.05, 0.1) is 12.5 Å². The molecule has 0 aromatic heterocycles. The number of likely N-dealkylation sites (tertiary alicyclic amines) is 2. The van der Waals surface area contributed by atoms with Gasteiger partial charge in [-0.1, -0.05) is 55.5 Å². The number of carbonyl (C=O) groups excluding carboxylic acids is 2. The van der Waals surface area contributed by atoms with Crippen LogP contribution in [0.2, 0.25) is 0 Å². The van der Waals surface area contributed by atoms with Crippen molar-refractivity contribution >= 4 is 11.8 Å². The third-order valence-corrected chi connectivity index (χ3v) is 7.57. The Bertz CT molecular complexity index is 917. The summed E-state index contributed by atoms with van der Waals surface area (Å²) in [6.07, 6.45) is 6.27. The van der Waals surface area contributed by atoms with Gasteiger partial charge in [0.25, 0.3) is 0 Å². The van der Waals surface area contributed by atoms with Crippen molar-refractivity contribution in [1.29, 1.82) is 0 Å². The SMILES string of the molecule is CCC(C(=O)N1CCC(COc2ccccc2)(CC(=O)N2CCCCC2)CC1)c1ccccc1. The number of hydrogen-bond donors (Lipinski definition) is 0. The van der Waals surface area contributed by atoms with Crippen LogP contribution >= 0.6 is 0 Å². The maximum atomic E-state index is 13.4. The zero-order chi connectivity index (χ0) is 23.8. The van der Waals surface area contributed by atoms with Crippen LogP contribution in [0, 0.1) is 5.41 Å². The number of carbonyl (C=O) groups is 2. The largest absolute Gasteiger partial charge is 0.493 e. The average molecular weight is 463 g/mol. The quantitative estimate of drug-likeness (QED) is 0.537. The minimum absolute atomic E-state index is 0.107. The van der Waals surface area contributed by atoms with Crippen LogP contribution in [0.1, 0.15) is 63.4 Å². The van der Waals surface area contributed by atoms with Gasteiger partial charge < -0.3 is 14.5 Å². The van der Waals surface area contributed by atoms with E-state index in [-0.39, 0.29) is 23.1 Å². The predicted molar refractivity (Wildman–Crippen MR) is 135 cm³/mol. The van der Waals surface area contributed by atoms with Crippen LogP contribution in [0.4, 0.5) is 0 Å². The Morgan fingerprint density at radius 1 is 0.853 bits per heavy atom. The molecule has 0 N–H and O–H groups in total. The Hall–Kier alpha value is -2.82. The van der Waals surface area contributed by atoms with Crippen molar-refractivity contribution in [2.24, 2.45) is 5.41 Å². The van der Waals surface area contributed by atoms with Crippen molar-refractivity contribution in [2.45, 2.75) is 57.8 Å². The first-order chi connectivity index (χ1) is 16.6. The number of para-hydroxylation sites is 1. The summed E-state index contributed by atoms with van der Waals surface area (Å²) >= 11 is 0. The summed E-state index contributed by atoms with van der Waals surface area (Å²) in [7, 11) is 0. The summed E-state index contributed by atoms with van der Waals surface area (Å²) < 4.78 is 6.20. The van der Waals surface area contributed by atoms with E-state index in [2.05, 4.69) is 6.92 Å². The maximum Gasteiger partial charge on any atom is 0.230 e. The summed E-state index contributed by atoms with van der Waals surface area (Å²) in [6, 6.07) is 19.9. The van der Waals surface area contributed by atoms with Crippen molar-refractivity contribution < 1.29 is 14.3 Å². The van der Waals surface area contributed by atoms with Crippen molar-refractivity contribution in [2.75, 3.05) is 32.8 Å². The smallest absolute Gasteiger partial charge is 0.230 e. The molecular formula is C29H38N2O3. The van der Waals surface area contributed by atoms with Gasteiger partial charge in [0, 0.05) is 38.0 Å². The molecule has 5 heteroatoms. The first-order valence-corrected chi connectivity index (χ1v) is 12.9. The lowest BCUT2D eigenvalue weighted by Crippen LogP contribution is -2.49. The highest BCUT2D eigenvalue weighted by Gasteiger charge is 2.40. The van der Waals surface area contributed by atoms with Crippen LogP contribution in [0.3, 0.4) is 0 Å². The first kappa shape index (κ1) is 24.3. The first-order valence-electron chi connectivity index (χ1n) is 12.9. The zero-order valence-electron chi connectivity index (χ0n) is 20.5. The molecule has 2 aliphatic rings. The summed E-state index contributed by atoms with van der Waals surface area (Å²) in [6.45, 7) is 5.67. The van der Waals surface area contributed by atoms with E-state index in [0.29, 0.717) is 26.1 Å². The van der Waals surface area contributed by atoms with Crippen molar-refractivity contribution in [1.82, 2.24) is 9.80 Å². The Morgan fingerprint density at radius 3 is 2.09 bits per heavy atom. The molecule has 182 valence electrons. The Balaban J connectivity index is 1.44. The Labute approximate surface area is 204 Å². The molecule has 2 heterocycles. The molecule has 2 amide bonds. The fourth-order valence-corrected chi connectivity index (χ4v) is 5.36. The van der Waals surface area contributed by atoms with Crippen LogP contribution in [-0.4, -0.2) is 54.4 Å². The van der Waals surface area contributed by atoms with E-state index in [1.165, 1.54) is 6.42 Å². The normalized spacial score (nSPS) is 18.9. The Morgan fingerprint density at radius 2 is 1.47 bits per heavy atom. The van der Waals surface area contributed by atoms with Crippen molar-refractivity contribution in [3.8, 4) is 5.75 Å². The lowest BCUT2D eigenvalue weighted by atomic mass is 9.75. The number of hydrogen-bond acceptors (Lipinski definition) is 3. The molecule has 2 aliphatic heterocycles. The average Bonchev–Trinajstić information content (AvgIpc) is 2.90.